The number of fused-ring (bicyclic) bond motifs is 3. The molecule has 0 radical (unpaired) electrons. The molecule has 2 amide bonds. The van der Waals surface area contributed by atoms with E-state index in [1.165, 1.54) is 11.3 Å². The lowest BCUT2D eigenvalue weighted by molar-refractivity contribution is 0.206. The molecule has 0 saturated carbocycles. The highest BCUT2D eigenvalue weighted by Crippen LogP contribution is 2.44. The Morgan fingerprint density at radius 2 is 2.00 bits per heavy atom. The van der Waals surface area contributed by atoms with Crippen LogP contribution in [-0.4, -0.2) is 50.3 Å². The summed E-state index contributed by atoms with van der Waals surface area (Å²) in [6.07, 6.45) is 5.95. The van der Waals surface area contributed by atoms with Crippen LogP contribution in [0.1, 0.15) is 25.5 Å². The first-order valence-corrected chi connectivity index (χ1v) is 11.3. The second-order valence-corrected chi connectivity index (χ2v) is 8.86. The van der Waals surface area contributed by atoms with Crippen molar-refractivity contribution in [3.05, 3.63) is 60.6 Å². The van der Waals surface area contributed by atoms with E-state index in [2.05, 4.69) is 56.4 Å². The number of amides is 2. The SMILES string of the molecule is CCNC(=O)N1CCC2(CCn3nc(-c4cnc5[nH]cc(-c6ccccc6)c5c4)cc32)C1. The van der Waals surface area contributed by atoms with E-state index in [1.54, 1.807) is 0 Å². The molecule has 3 aromatic heterocycles. The van der Waals surface area contributed by atoms with Crippen LogP contribution in [0, 0.1) is 0 Å². The van der Waals surface area contributed by atoms with Crippen molar-refractivity contribution in [2.24, 2.45) is 0 Å². The smallest absolute Gasteiger partial charge is 0.317 e. The average Bonchev–Trinajstić information content (AvgIpc) is 3.59. The maximum atomic E-state index is 12.4. The van der Waals surface area contributed by atoms with Crippen LogP contribution in [-0.2, 0) is 12.0 Å². The number of nitrogens with zero attached hydrogens (tertiary/aromatic N) is 4. The van der Waals surface area contributed by atoms with E-state index in [0.717, 1.165) is 60.3 Å². The summed E-state index contributed by atoms with van der Waals surface area (Å²) in [5, 5.41) is 8.96. The number of hydrogen-bond donors (Lipinski definition) is 2. The van der Waals surface area contributed by atoms with Crippen molar-refractivity contribution in [2.45, 2.75) is 31.7 Å². The molecular formula is C25H26N6O. The molecule has 32 heavy (non-hydrogen) atoms. The van der Waals surface area contributed by atoms with Gasteiger partial charge in [-0.25, -0.2) is 9.78 Å². The number of H-pyrrole nitrogens is 1. The first kappa shape index (κ1) is 19.1. The molecule has 5 heterocycles. The zero-order chi connectivity index (χ0) is 21.7. The first-order valence-electron chi connectivity index (χ1n) is 11.3. The van der Waals surface area contributed by atoms with E-state index in [4.69, 9.17) is 5.10 Å². The highest BCUT2D eigenvalue weighted by molar-refractivity contribution is 5.95. The Morgan fingerprint density at radius 3 is 2.84 bits per heavy atom. The molecule has 1 aromatic carbocycles. The number of rotatable bonds is 3. The summed E-state index contributed by atoms with van der Waals surface area (Å²) in [5.74, 6) is 0. The number of aromatic amines is 1. The molecule has 4 aromatic rings. The van der Waals surface area contributed by atoms with Gasteiger partial charge in [0.05, 0.1) is 5.69 Å². The minimum absolute atomic E-state index is 0.0111. The van der Waals surface area contributed by atoms with Crippen LogP contribution in [0.2, 0.25) is 0 Å². The van der Waals surface area contributed by atoms with Crippen molar-refractivity contribution in [2.75, 3.05) is 19.6 Å². The summed E-state index contributed by atoms with van der Waals surface area (Å²) in [7, 11) is 0. The maximum Gasteiger partial charge on any atom is 0.317 e. The minimum atomic E-state index is 0.0111. The molecule has 7 nitrogen and oxygen atoms in total. The Labute approximate surface area is 186 Å². The standard InChI is InChI=1S/C25H26N6O/c1-2-26-24(32)30-10-8-25(16-30)9-11-31-22(25)13-21(29-31)18-12-19-20(15-28-23(19)27-14-18)17-6-4-3-5-7-17/h3-7,12-15H,2,8-11,16H2,1H3,(H,26,32)(H,27,28). The molecule has 2 aliphatic heterocycles. The van der Waals surface area contributed by atoms with Crippen LogP contribution in [0.4, 0.5) is 4.79 Å². The molecule has 1 unspecified atom stereocenters. The molecule has 1 fully saturated rings. The number of carbonyl (C=O) groups is 1. The van der Waals surface area contributed by atoms with Crippen molar-refractivity contribution in [3.63, 3.8) is 0 Å². The van der Waals surface area contributed by atoms with Gasteiger partial charge < -0.3 is 15.2 Å². The van der Waals surface area contributed by atoms with Crippen molar-refractivity contribution in [1.29, 1.82) is 0 Å². The van der Waals surface area contributed by atoms with Gasteiger partial charge in [-0.05, 0) is 37.5 Å². The number of aromatic nitrogens is 4. The van der Waals surface area contributed by atoms with Crippen LogP contribution in [0.5, 0.6) is 0 Å². The molecule has 1 spiro atoms. The molecule has 6 rings (SSSR count). The van der Waals surface area contributed by atoms with Crippen molar-refractivity contribution < 1.29 is 4.79 Å². The van der Waals surface area contributed by atoms with E-state index >= 15 is 0 Å². The van der Waals surface area contributed by atoms with Gasteiger partial charge in [-0.2, -0.15) is 5.10 Å². The number of hydrogen-bond acceptors (Lipinski definition) is 3. The number of benzene rings is 1. The third-order valence-electron chi connectivity index (χ3n) is 7.01. The van der Waals surface area contributed by atoms with E-state index in [1.807, 2.05) is 30.3 Å². The number of pyridine rings is 1. The second kappa shape index (κ2) is 7.22. The molecule has 162 valence electrons. The third-order valence-corrected chi connectivity index (χ3v) is 7.01. The fourth-order valence-corrected chi connectivity index (χ4v) is 5.33. The van der Waals surface area contributed by atoms with Gasteiger partial charge >= 0.3 is 6.03 Å². The summed E-state index contributed by atoms with van der Waals surface area (Å²) < 4.78 is 2.13. The lowest BCUT2D eigenvalue weighted by atomic mass is 9.82. The molecule has 0 aliphatic carbocycles. The maximum absolute atomic E-state index is 12.4. The van der Waals surface area contributed by atoms with E-state index in [0.29, 0.717) is 6.54 Å². The monoisotopic (exact) mass is 426 g/mol. The van der Waals surface area contributed by atoms with Crippen LogP contribution >= 0.6 is 0 Å². The van der Waals surface area contributed by atoms with Crippen LogP contribution < -0.4 is 5.32 Å². The van der Waals surface area contributed by atoms with Crippen LogP contribution in [0.25, 0.3) is 33.4 Å². The zero-order valence-corrected chi connectivity index (χ0v) is 18.1. The fourth-order valence-electron chi connectivity index (χ4n) is 5.33. The van der Waals surface area contributed by atoms with Crippen molar-refractivity contribution in [1.82, 2.24) is 30.0 Å². The highest BCUT2D eigenvalue weighted by Gasteiger charge is 2.46. The number of likely N-dealkylation sites (tertiary alicyclic amines) is 1. The van der Waals surface area contributed by atoms with Gasteiger partial charge in [-0.3, -0.25) is 4.68 Å². The van der Waals surface area contributed by atoms with E-state index < -0.39 is 0 Å². The quantitative estimate of drug-likeness (QED) is 0.516. The Bertz CT molecular complexity index is 1310. The lowest BCUT2D eigenvalue weighted by Gasteiger charge is -2.23. The number of carbonyl (C=O) groups excluding carboxylic acids is 1. The summed E-state index contributed by atoms with van der Waals surface area (Å²) in [6, 6.07) is 14.8. The van der Waals surface area contributed by atoms with Gasteiger partial charge in [0.15, 0.2) is 0 Å². The van der Waals surface area contributed by atoms with Crippen molar-refractivity contribution >= 4 is 17.1 Å². The first-order chi connectivity index (χ1) is 15.7. The topological polar surface area (TPSA) is 78.8 Å². The highest BCUT2D eigenvalue weighted by atomic mass is 16.2. The summed E-state index contributed by atoms with van der Waals surface area (Å²) in [6.45, 7) is 5.07. The molecule has 1 atom stereocenters. The van der Waals surface area contributed by atoms with Crippen LogP contribution in [0.15, 0.2) is 54.9 Å². The summed E-state index contributed by atoms with van der Waals surface area (Å²) >= 11 is 0. The molecule has 7 heteroatoms. The molecule has 1 saturated heterocycles. The zero-order valence-electron chi connectivity index (χ0n) is 18.1. The van der Waals surface area contributed by atoms with Gasteiger partial charge in [0.1, 0.15) is 5.65 Å². The lowest BCUT2D eigenvalue weighted by Crippen LogP contribution is -2.40. The van der Waals surface area contributed by atoms with Gasteiger partial charge in [0.2, 0.25) is 0 Å². The second-order valence-electron chi connectivity index (χ2n) is 8.86. The summed E-state index contributed by atoms with van der Waals surface area (Å²) in [4.78, 5) is 22.3. The number of nitrogens with one attached hydrogen (secondary N) is 2. The minimum Gasteiger partial charge on any atom is -0.346 e. The Hall–Kier alpha value is -3.61. The van der Waals surface area contributed by atoms with Gasteiger partial charge in [-0.15, -0.1) is 0 Å². The Morgan fingerprint density at radius 1 is 1.16 bits per heavy atom. The molecule has 2 N–H and O–H groups in total. The Balaban J connectivity index is 1.34. The predicted molar refractivity (Wildman–Crippen MR) is 124 cm³/mol. The van der Waals surface area contributed by atoms with Gasteiger partial charge in [0.25, 0.3) is 0 Å². The van der Waals surface area contributed by atoms with Crippen LogP contribution in [0.3, 0.4) is 0 Å². The van der Waals surface area contributed by atoms with Crippen molar-refractivity contribution in [3.8, 4) is 22.4 Å². The summed E-state index contributed by atoms with van der Waals surface area (Å²) in [5.41, 5.74) is 6.42. The Kier molecular flexibility index (Phi) is 4.31. The predicted octanol–water partition coefficient (Wildman–Crippen LogP) is 4.17. The van der Waals surface area contributed by atoms with Gasteiger partial charge in [0, 0.05) is 66.2 Å². The largest absolute Gasteiger partial charge is 0.346 e. The normalized spacial score (nSPS) is 19.7. The number of urea groups is 1. The molecule has 0 bridgehead atoms. The molecular weight excluding hydrogens is 400 g/mol. The average molecular weight is 427 g/mol. The fraction of sp³-hybridized carbons (Fsp3) is 0.320. The van der Waals surface area contributed by atoms with E-state index in [-0.39, 0.29) is 11.4 Å². The number of aryl methyl sites for hydroxylation is 1. The van der Waals surface area contributed by atoms with Gasteiger partial charge in [-0.1, -0.05) is 30.3 Å². The molecule has 2 aliphatic rings. The van der Waals surface area contributed by atoms with E-state index in [9.17, 15) is 4.79 Å². The third kappa shape index (κ3) is 2.92.